The molecule has 1 aliphatic carbocycles. The fraction of sp³-hybridized carbons (Fsp3) is 0.346. The molecule has 0 aliphatic heterocycles. The maximum absolute atomic E-state index is 13.0. The number of carbonyl (C=O) groups is 2. The van der Waals surface area contributed by atoms with Crippen molar-refractivity contribution in [3.8, 4) is 11.8 Å². The molecule has 2 heterocycles. The van der Waals surface area contributed by atoms with Gasteiger partial charge in [0.15, 0.2) is 6.61 Å². The molecule has 0 spiro atoms. The zero-order chi connectivity index (χ0) is 24.9. The third kappa shape index (κ3) is 5.38. The van der Waals surface area contributed by atoms with Crippen LogP contribution in [-0.4, -0.2) is 23.1 Å². The Morgan fingerprint density at radius 2 is 1.89 bits per heavy atom. The van der Waals surface area contributed by atoms with E-state index < -0.39 is 18.5 Å². The summed E-state index contributed by atoms with van der Waals surface area (Å²) in [4.78, 5) is 25.0. The van der Waals surface area contributed by atoms with Gasteiger partial charge < -0.3 is 23.8 Å². The largest absolute Gasteiger partial charge is 0.486 e. The molecule has 9 heteroatoms. The monoisotopic (exact) mass is 479 g/mol. The lowest BCUT2D eigenvalue weighted by Gasteiger charge is -2.19. The Hall–Kier alpha value is -4.06. The number of amides is 1. The van der Waals surface area contributed by atoms with E-state index in [0.29, 0.717) is 22.9 Å². The van der Waals surface area contributed by atoms with E-state index in [1.807, 2.05) is 18.4 Å². The number of hydrogen-bond donors (Lipinski definition) is 1. The van der Waals surface area contributed by atoms with Gasteiger partial charge in [-0.25, -0.2) is 9.18 Å². The number of rotatable bonds is 8. The van der Waals surface area contributed by atoms with Crippen LogP contribution in [0.3, 0.4) is 0 Å². The minimum atomic E-state index is -0.799. The van der Waals surface area contributed by atoms with Gasteiger partial charge in [0, 0.05) is 11.7 Å². The summed E-state index contributed by atoms with van der Waals surface area (Å²) in [6.45, 7) is 3.31. The minimum absolute atomic E-state index is 0.0349. The molecule has 0 saturated heterocycles. The molecule has 0 unspecified atom stereocenters. The lowest BCUT2D eigenvalue weighted by molar-refractivity contribution is -0.119. The molecule has 0 radical (unpaired) electrons. The SMILES string of the molecule is Cc1c(C#N)c(NC(=O)COC(=O)c2ccc(COc3ccc(F)cc3)o2)n(C2CCCC2)c1C. The van der Waals surface area contributed by atoms with E-state index in [1.54, 1.807) is 6.07 Å². The maximum atomic E-state index is 13.0. The average Bonchev–Trinajstić information content (AvgIpc) is 3.59. The van der Waals surface area contributed by atoms with Crippen molar-refractivity contribution >= 4 is 17.7 Å². The van der Waals surface area contributed by atoms with E-state index in [2.05, 4.69) is 11.4 Å². The number of nitriles is 1. The zero-order valence-electron chi connectivity index (χ0n) is 19.6. The highest BCUT2D eigenvalue weighted by Gasteiger charge is 2.27. The van der Waals surface area contributed by atoms with Gasteiger partial charge in [-0.15, -0.1) is 0 Å². The van der Waals surface area contributed by atoms with Crippen LogP contribution in [0.15, 0.2) is 40.8 Å². The first-order valence-corrected chi connectivity index (χ1v) is 11.4. The van der Waals surface area contributed by atoms with Crippen LogP contribution < -0.4 is 10.1 Å². The van der Waals surface area contributed by atoms with E-state index in [-0.39, 0.29) is 24.2 Å². The topological polar surface area (TPSA) is 106 Å². The predicted molar refractivity (Wildman–Crippen MR) is 124 cm³/mol. The Balaban J connectivity index is 1.35. The first kappa shape index (κ1) is 24.1. The lowest BCUT2D eigenvalue weighted by Crippen LogP contribution is -2.23. The Kier molecular flexibility index (Phi) is 7.20. The van der Waals surface area contributed by atoms with Crippen molar-refractivity contribution in [2.75, 3.05) is 11.9 Å². The highest BCUT2D eigenvalue weighted by Crippen LogP contribution is 2.37. The van der Waals surface area contributed by atoms with Crippen molar-refractivity contribution < 1.29 is 27.9 Å². The summed E-state index contributed by atoms with van der Waals surface area (Å²) in [7, 11) is 0. The second-order valence-corrected chi connectivity index (χ2v) is 8.49. The maximum Gasteiger partial charge on any atom is 0.374 e. The van der Waals surface area contributed by atoms with Crippen LogP contribution in [0.2, 0.25) is 0 Å². The molecule has 1 aromatic carbocycles. The molecule has 8 nitrogen and oxygen atoms in total. The smallest absolute Gasteiger partial charge is 0.374 e. The van der Waals surface area contributed by atoms with Crippen molar-refractivity contribution in [3.63, 3.8) is 0 Å². The predicted octanol–water partition coefficient (Wildman–Crippen LogP) is 5.20. The number of aromatic nitrogens is 1. The molecule has 0 bridgehead atoms. The van der Waals surface area contributed by atoms with E-state index in [0.717, 1.165) is 36.9 Å². The number of benzene rings is 1. The Bertz CT molecular complexity index is 1260. The van der Waals surface area contributed by atoms with Gasteiger partial charge in [0.05, 0.1) is 5.56 Å². The molecule has 1 fully saturated rings. The first-order valence-electron chi connectivity index (χ1n) is 11.4. The van der Waals surface area contributed by atoms with Crippen LogP contribution in [0.4, 0.5) is 10.2 Å². The molecule has 1 saturated carbocycles. The average molecular weight is 480 g/mol. The summed E-state index contributed by atoms with van der Waals surface area (Å²) < 4.78 is 31.0. The summed E-state index contributed by atoms with van der Waals surface area (Å²) in [6, 6.07) is 10.9. The number of furan rings is 1. The molecule has 1 aliphatic rings. The Morgan fingerprint density at radius 3 is 2.57 bits per heavy atom. The van der Waals surface area contributed by atoms with Gasteiger partial charge in [-0.3, -0.25) is 4.79 Å². The van der Waals surface area contributed by atoms with Gasteiger partial charge in [-0.2, -0.15) is 5.26 Å². The van der Waals surface area contributed by atoms with Crippen molar-refractivity contribution in [2.45, 2.75) is 52.2 Å². The summed E-state index contributed by atoms with van der Waals surface area (Å²) in [5.41, 5.74) is 2.20. The van der Waals surface area contributed by atoms with Crippen molar-refractivity contribution in [1.82, 2.24) is 4.57 Å². The number of nitrogens with zero attached hydrogens (tertiary/aromatic N) is 2. The number of ether oxygens (including phenoxy) is 2. The highest BCUT2D eigenvalue weighted by atomic mass is 19.1. The zero-order valence-corrected chi connectivity index (χ0v) is 19.6. The van der Waals surface area contributed by atoms with Gasteiger partial charge in [0.2, 0.25) is 5.76 Å². The van der Waals surface area contributed by atoms with Gasteiger partial charge in [-0.05, 0) is 68.7 Å². The third-order valence-electron chi connectivity index (χ3n) is 6.21. The van der Waals surface area contributed by atoms with Crippen LogP contribution in [0.1, 0.15) is 64.9 Å². The van der Waals surface area contributed by atoms with Gasteiger partial charge >= 0.3 is 5.97 Å². The van der Waals surface area contributed by atoms with E-state index in [4.69, 9.17) is 13.9 Å². The Morgan fingerprint density at radius 1 is 1.17 bits per heavy atom. The van der Waals surface area contributed by atoms with Crippen LogP contribution in [0, 0.1) is 31.0 Å². The van der Waals surface area contributed by atoms with Crippen LogP contribution in [0.25, 0.3) is 0 Å². The second-order valence-electron chi connectivity index (χ2n) is 8.49. The van der Waals surface area contributed by atoms with Crippen molar-refractivity contribution in [3.05, 3.63) is 70.6 Å². The molecule has 0 atom stereocenters. The molecule has 4 rings (SSSR count). The number of esters is 1. The molecule has 35 heavy (non-hydrogen) atoms. The quantitative estimate of drug-likeness (QED) is 0.445. The normalized spacial score (nSPS) is 13.4. The third-order valence-corrected chi connectivity index (χ3v) is 6.21. The van der Waals surface area contributed by atoms with Crippen molar-refractivity contribution in [1.29, 1.82) is 5.26 Å². The number of nitrogens with one attached hydrogen (secondary N) is 1. The molecule has 1 amide bonds. The summed E-state index contributed by atoms with van der Waals surface area (Å²) in [5.74, 6) is -0.517. The standard InChI is InChI=1S/C26H26FN3O5/c1-16-17(2)30(19-5-3-4-6-19)25(22(16)13-28)29-24(31)15-34-26(32)23-12-11-21(35-23)14-33-20-9-7-18(27)8-10-20/h7-12,19H,3-6,14-15H2,1-2H3,(H,29,31). The van der Waals surface area contributed by atoms with Crippen LogP contribution in [0.5, 0.6) is 5.75 Å². The molecule has 3 aromatic rings. The number of halogens is 1. The molecular formula is C26H26FN3O5. The summed E-state index contributed by atoms with van der Waals surface area (Å²) in [5, 5.41) is 12.4. The summed E-state index contributed by atoms with van der Waals surface area (Å²) in [6.07, 6.45) is 4.19. The number of hydrogen-bond acceptors (Lipinski definition) is 6. The van der Waals surface area contributed by atoms with E-state index >= 15 is 0 Å². The van der Waals surface area contributed by atoms with Crippen LogP contribution in [-0.2, 0) is 16.1 Å². The highest BCUT2D eigenvalue weighted by molar-refractivity contribution is 5.95. The molecule has 2 aromatic heterocycles. The van der Waals surface area contributed by atoms with Crippen LogP contribution >= 0.6 is 0 Å². The molecular weight excluding hydrogens is 453 g/mol. The van der Waals surface area contributed by atoms with E-state index in [1.165, 1.54) is 30.3 Å². The molecule has 1 N–H and O–H groups in total. The Labute approximate surface area is 202 Å². The summed E-state index contributed by atoms with van der Waals surface area (Å²) >= 11 is 0. The van der Waals surface area contributed by atoms with Gasteiger partial charge in [0.25, 0.3) is 5.91 Å². The lowest BCUT2D eigenvalue weighted by atomic mass is 10.2. The second kappa shape index (κ2) is 10.5. The fourth-order valence-electron chi connectivity index (χ4n) is 4.33. The van der Waals surface area contributed by atoms with Gasteiger partial charge in [0.1, 0.15) is 35.8 Å². The number of carbonyl (C=O) groups excluding carboxylic acids is 2. The first-order chi connectivity index (χ1) is 16.9. The van der Waals surface area contributed by atoms with Crippen molar-refractivity contribution in [2.24, 2.45) is 0 Å². The molecule has 182 valence electrons. The minimum Gasteiger partial charge on any atom is -0.486 e. The fourth-order valence-corrected chi connectivity index (χ4v) is 4.33. The number of anilines is 1. The van der Waals surface area contributed by atoms with Gasteiger partial charge in [-0.1, -0.05) is 12.8 Å². The van der Waals surface area contributed by atoms with E-state index in [9.17, 15) is 19.2 Å².